The zero-order valence-corrected chi connectivity index (χ0v) is 11.4. The third-order valence-electron chi connectivity index (χ3n) is 3.08. The largest absolute Gasteiger partial charge is 0.392 e. The lowest BCUT2D eigenvalue weighted by Crippen LogP contribution is -2.35. The average Bonchev–Trinajstić information content (AvgIpc) is 2.70. The Balaban J connectivity index is 0.00000162. The molecule has 0 aromatic heterocycles. The molecule has 0 radical (unpaired) electrons. The SMILES string of the molecule is Cc1ccc(C)c(NC(=O)C2CC(O)CN2)c1.Cl. The molecule has 0 aliphatic carbocycles. The quantitative estimate of drug-likeness (QED) is 0.761. The van der Waals surface area contributed by atoms with Crippen LogP contribution >= 0.6 is 12.4 Å². The van der Waals surface area contributed by atoms with Gasteiger partial charge >= 0.3 is 0 Å². The summed E-state index contributed by atoms with van der Waals surface area (Å²) in [5.74, 6) is -0.0738. The Bertz CT molecular complexity index is 437. The number of rotatable bonds is 2. The molecular weight excluding hydrogens is 252 g/mol. The van der Waals surface area contributed by atoms with E-state index in [2.05, 4.69) is 10.6 Å². The van der Waals surface area contributed by atoms with Gasteiger partial charge in [0.15, 0.2) is 0 Å². The fraction of sp³-hybridized carbons (Fsp3) is 0.462. The van der Waals surface area contributed by atoms with E-state index in [1.807, 2.05) is 32.0 Å². The summed E-state index contributed by atoms with van der Waals surface area (Å²) in [5, 5.41) is 15.3. The second-order valence-electron chi connectivity index (χ2n) is 4.66. The van der Waals surface area contributed by atoms with Crippen LogP contribution in [0.2, 0.25) is 0 Å². The summed E-state index contributed by atoms with van der Waals surface area (Å²) < 4.78 is 0. The van der Waals surface area contributed by atoms with E-state index in [1.54, 1.807) is 0 Å². The van der Waals surface area contributed by atoms with E-state index < -0.39 is 6.10 Å². The molecule has 1 saturated heterocycles. The van der Waals surface area contributed by atoms with Crippen LogP contribution in [0.5, 0.6) is 0 Å². The summed E-state index contributed by atoms with van der Waals surface area (Å²) in [7, 11) is 0. The third kappa shape index (κ3) is 3.45. The summed E-state index contributed by atoms with van der Waals surface area (Å²) >= 11 is 0. The highest BCUT2D eigenvalue weighted by Gasteiger charge is 2.28. The molecule has 1 aliphatic rings. The van der Waals surface area contributed by atoms with Gasteiger partial charge in [-0.2, -0.15) is 0 Å². The summed E-state index contributed by atoms with van der Waals surface area (Å²) in [6.07, 6.45) is 0.0702. The summed E-state index contributed by atoms with van der Waals surface area (Å²) in [4.78, 5) is 11.9. The van der Waals surface area contributed by atoms with Gasteiger partial charge < -0.3 is 15.7 Å². The molecule has 4 nitrogen and oxygen atoms in total. The number of aliphatic hydroxyl groups is 1. The van der Waals surface area contributed by atoms with Gasteiger partial charge in [-0.25, -0.2) is 0 Å². The molecule has 3 N–H and O–H groups in total. The molecule has 1 fully saturated rings. The van der Waals surface area contributed by atoms with Crippen molar-refractivity contribution in [1.82, 2.24) is 5.32 Å². The summed E-state index contributed by atoms with van der Waals surface area (Å²) in [5.41, 5.74) is 3.01. The molecule has 0 bridgehead atoms. The lowest BCUT2D eigenvalue weighted by Gasteiger charge is -2.13. The minimum atomic E-state index is -0.413. The van der Waals surface area contributed by atoms with Crippen LogP contribution in [0.25, 0.3) is 0 Å². The van der Waals surface area contributed by atoms with E-state index in [9.17, 15) is 9.90 Å². The molecular formula is C13H19ClN2O2. The maximum atomic E-state index is 11.9. The standard InChI is InChI=1S/C13H18N2O2.ClH/c1-8-3-4-9(2)11(5-8)15-13(17)12-6-10(16)7-14-12;/h3-5,10,12,14,16H,6-7H2,1-2H3,(H,15,17);1H. The van der Waals surface area contributed by atoms with E-state index in [0.717, 1.165) is 16.8 Å². The van der Waals surface area contributed by atoms with Crippen LogP contribution in [0, 0.1) is 13.8 Å². The van der Waals surface area contributed by atoms with Crippen LogP contribution in [0.1, 0.15) is 17.5 Å². The van der Waals surface area contributed by atoms with Gasteiger partial charge in [0.05, 0.1) is 12.1 Å². The van der Waals surface area contributed by atoms with Crippen LogP contribution in [0.3, 0.4) is 0 Å². The Morgan fingerprint density at radius 2 is 2.17 bits per heavy atom. The van der Waals surface area contributed by atoms with Crippen LogP contribution in [0.4, 0.5) is 5.69 Å². The fourth-order valence-electron chi connectivity index (χ4n) is 2.01. The molecule has 100 valence electrons. The Kier molecular flexibility index (Phi) is 5.14. The second-order valence-corrected chi connectivity index (χ2v) is 4.66. The number of carbonyl (C=O) groups excluding carboxylic acids is 1. The molecule has 2 unspecified atom stereocenters. The van der Waals surface area contributed by atoms with E-state index in [0.29, 0.717) is 13.0 Å². The Labute approximate surface area is 113 Å². The minimum absolute atomic E-state index is 0. The molecule has 18 heavy (non-hydrogen) atoms. The molecule has 5 heteroatoms. The van der Waals surface area contributed by atoms with Gasteiger partial charge in [-0.3, -0.25) is 4.79 Å². The highest BCUT2D eigenvalue weighted by molar-refractivity contribution is 5.95. The molecule has 1 heterocycles. The summed E-state index contributed by atoms with van der Waals surface area (Å²) in [6, 6.07) is 5.67. The molecule has 0 saturated carbocycles. The van der Waals surface area contributed by atoms with Gasteiger partial charge in [0.2, 0.25) is 5.91 Å². The lowest BCUT2D eigenvalue weighted by molar-refractivity contribution is -0.117. The van der Waals surface area contributed by atoms with Crippen molar-refractivity contribution in [3.8, 4) is 0 Å². The van der Waals surface area contributed by atoms with Crippen molar-refractivity contribution < 1.29 is 9.90 Å². The third-order valence-corrected chi connectivity index (χ3v) is 3.08. The first-order chi connectivity index (χ1) is 8.06. The van der Waals surface area contributed by atoms with Crippen molar-refractivity contribution in [3.05, 3.63) is 29.3 Å². The minimum Gasteiger partial charge on any atom is -0.392 e. The number of hydrogen-bond acceptors (Lipinski definition) is 3. The Morgan fingerprint density at radius 1 is 1.44 bits per heavy atom. The fourth-order valence-corrected chi connectivity index (χ4v) is 2.01. The lowest BCUT2D eigenvalue weighted by atomic mass is 10.1. The van der Waals surface area contributed by atoms with Crippen molar-refractivity contribution in [2.45, 2.75) is 32.4 Å². The van der Waals surface area contributed by atoms with Crippen molar-refractivity contribution in [1.29, 1.82) is 0 Å². The van der Waals surface area contributed by atoms with Crippen LogP contribution in [-0.2, 0) is 4.79 Å². The normalized spacial score (nSPS) is 22.4. The maximum absolute atomic E-state index is 11.9. The number of nitrogens with one attached hydrogen (secondary N) is 2. The van der Waals surface area contributed by atoms with E-state index >= 15 is 0 Å². The molecule has 2 atom stereocenters. The average molecular weight is 271 g/mol. The Hall–Kier alpha value is -1.10. The molecule has 0 spiro atoms. The van der Waals surface area contributed by atoms with Gasteiger partial charge in [0, 0.05) is 12.2 Å². The second kappa shape index (κ2) is 6.18. The van der Waals surface area contributed by atoms with Gasteiger partial charge in [0.25, 0.3) is 0 Å². The molecule has 1 aliphatic heterocycles. The first-order valence-corrected chi connectivity index (χ1v) is 5.86. The van der Waals surface area contributed by atoms with Gasteiger partial charge in [-0.05, 0) is 37.5 Å². The van der Waals surface area contributed by atoms with Gasteiger partial charge in [0.1, 0.15) is 0 Å². The van der Waals surface area contributed by atoms with E-state index in [-0.39, 0.29) is 24.4 Å². The predicted molar refractivity (Wildman–Crippen MR) is 74.2 cm³/mol. The Morgan fingerprint density at radius 3 is 2.78 bits per heavy atom. The zero-order chi connectivity index (χ0) is 12.4. The van der Waals surface area contributed by atoms with Crippen molar-refractivity contribution in [3.63, 3.8) is 0 Å². The van der Waals surface area contributed by atoms with Gasteiger partial charge in [-0.1, -0.05) is 12.1 Å². The zero-order valence-electron chi connectivity index (χ0n) is 10.6. The van der Waals surface area contributed by atoms with E-state index in [1.165, 1.54) is 0 Å². The number of carbonyl (C=O) groups is 1. The van der Waals surface area contributed by atoms with Crippen molar-refractivity contribution >= 4 is 24.0 Å². The first-order valence-electron chi connectivity index (χ1n) is 5.86. The van der Waals surface area contributed by atoms with Crippen LogP contribution in [-0.4, -0.2) is 29.7 Å². The number of hydrogen-bond donors (Lipinski definition) is 3. The highest BCUT2D eigenvalue weighted by atomic mass is 35.5. The number of aryl methyl sites for hydroxylation is 2. The smallest absolute Gasteiger partial charge is 0.241 e. The number of aliphatic hydroxyl groups excluding tert-OH is 1. The van der Waals surface area contributed by atoms with E-state index in [4.69, 9.17) is 0 Å². The monoisotopic (exact) mass is 270 g/mol. The number of benzene rings is 1. The first kappa shape index (κ1) is 15.0. The predicted octanol–water partition coefficient (Wildman–Crippen LogP) is 1.39. The van der Waals surface area contributed by atoms with Crippen LogP contribution in [0.15, 0.2) is 18.2 Å². The van der Waals surface area contributed by atoms with Crippen LogP contribution < -0.4 is 10.6 Å². The molecule has 1 aromatic rings. The number of β-amino-alcohol motifs (C(OH)–C–C–N with tert-alkyl or cyclic N) is 1. The van der Waals surface area contributed by atoms with Crippen molar-refractivity contribution in [2.75, 3.05) is 11.9 Å². The topological polar surface area (TPSA) is 61.4 Å². The maximum Gasteiger partial charge on any atom is 0.241 e. The number of anilines is 1. The summed E-state index contributed by atoms with van der Waals surface area (Å²) in [6.45, 7) is 4.45. The highest BCUT2D eigenvalue weighted by Crippen LogP contribution is 2.17. The van der Waals surface area contributed by atoms with Gasteiger partial charge in [-0.15, -0.1) is 12.4 Å². The molecule has 1 amide bonds. The molecule has 2 rings (SSSR count). The number of amides is 1. The number of halogens is 1. The molecule has 1 aromatic carbocycles. The van der Waals surface area contributed by atoms with Crippen molar-refractivity contribution in [2.24, 2.45) is 0 Å².